The summed E-state index contributed by atoms with van der Waals surface area (Å²) in [5.41, 5.74) is 1.63. The van der Waals surface area contributed by atoms with Gasteiger partial charge in [0.25, 0.3) is 5.91 Å². The lowest BCUT2D eigenvalue weighted by molar-refractivity contribution is 0.0750. The van der Waals surface area contributed by atoms with E-state index in [-0.39, 0.29) is 5.91 Å². The lowest BCUT2D eigenvalue weighted by Gasteiger charge is -2.21. The molecule has 5 nitrogen and oxygen atoms in total. The summed E-state index contributed by atoms with van der Waals surface area (Å²) in [6.07, 6.45) is 5.12. The maximum atomic E-state index is 12.9. The van der Waals surface area contributed by atoms with Gasteiger partial charge in [-0.2, -0.15) is 0 Å². The molecule has 128 valence electrons. The number of aryl methyl sites for hydroxylation is 1. The van der Waals surface area contributed by atoms with Crippen molar-refractivity contribution in [1.29, 1.82) is 0 Å². The molecule has 24 heavy (non-hydrogen) atoms. The van der Waals surface area contributed by atoms with Gasteiger partial charge in [0.1, 0.15) is 5.76 Å². The topological polar surface area (TPSA) is 49.6 Å². The first-order valence-corrected chi connectivity index (χ1v) is 9.70. The van der Waals surface area contributed by atoms with E-state index in [0.29, 0.717) is 5.69 Å². The highest BCUT2D eigenvalue weighted by Gasteiger charge is 2.28. The van der Waals surface area contributed by atoms with Crippen LogP contribution in [0.15, 0.2) is 22.0 Å². The van der Waals surface area contributed by atoms with E-state index in [4.69, 9.17) is 4.52 Å². The Kier molecular flexibility index (Phi) is 4.67. The van der Waals surface area contributed by atoms with Crippen molar-refractivity contribution in [3.05, 3.63) is 39.4 Å². The molecule has 2 aromatic heterocycles. The van der Waals surface area contributed by atoms with Crippen LogP contribution in [-0.4, -0.2) is 47.0 Å². The lowest BCUT2D eigenvalue weighted by Crippen LogP contribution is -2.35. The Morgan fingerprint density at radius 2 is 2.08 bits per heavy atom. The molecule has 3 heterocycles. The van der Waals surface area contributed by atoms with Gasteiger partial charge in [0, 0.05) is 49.6 Å². The second-order valence-electron chi connectivity index (χ2n) is 6.64. The Hall–Kier alpha value is -1.66. The number of hydrogen-bond donors (Lipinski definition) is 0. The average Bonchev–Trinajstić information content (AvgIpc) is 3.20. The average molecular weight is 345 g/mol. The number of rotatable bonds is 3. The van der Waals surface area contributed by atoms with Crippen molar-refractivity contribution in [2.45, 2.75) is 38.6 Å². The van der Waals surface area contributed by atoms with Crippen molar-refractivity contribution in [3.63, 3.8) is 0 Å². The van der Waals surface area contributed by atoms with Crippen LogP contribution in [0.1, 0.15) is 46.0 Å². The van der Waals surface area contributed by atoms with Gasteiger partial charge in [-0.05, 0) is 37.1 Å². The zero-order chi connectivity index (χ0) is 16.4. The number of amides is 1. The molecule has 1 saturated heterocycles. The van der Waals surface area contributed by atoms with Gasteiger partial charge in [-0.25, -0.2) is 0 Å². The van der Waals surface area contributed by atoms with Crippen molar-refractivity contribution in [2.24, 2.45) is 0 Å². The van der Waals surface area contributed by atoms with Crippen LogP contribution >= 0.6 is 11.3 Å². The molecule has 0 bridgehead atoms. The molecule has 1 amide bonds. The SMILES string of the molecule is O=C(c1noc2c1CCCC2)N1CCCN(Cc2cccs2)CC1. The van der Waals surface area contributed by atoms with Gasteiger partial charge in [-0.3, -0.25) is 9.69 Å². The molecule has 1 aliphatic carbocycles. The van der Waals surface area contributed by atoms with Crippen molar-refractivity contribution in [2.75, 3.05) is 26.2 Å². The van der Waals surface area contributed by atoms with Gasteiger partial charge < -0.3 is 9.42 Å². The van der Waals surface area contributed by atoms with Crippen LogP contribution in [0.2, 0.25) is 0 Å². The van der Waals surface area contributed by atoms with E-state index in [0.717, 1.165) is 76.2 Å². The van der Waals surface area contributed by atoms with Gasteiger partial charge in [0.2, 0.25) is 0 Å². The van der Waals surface area contributed by atoms with E-state index in [1.165, 1.54) is 4.88 Å². The monoisotopic (exact) mass is 345 g/mol. The van der Waals surface area contributed by atoms with Crippen molar-refractivity contribution >= 4 is 17.2 Å². The highest BCUT2D eigenvalue weighted by atomic mass is 32.1. The normalized spacial score (nSPS) is 19.1. The summed E-state index contributed by atoms with van der Waals surface area (Å²) in [5, 5.41) is 6.23. The minimum atomic E-state index is 0.0554. The number of nitrogens with zero attached hydrogens (tertiary/aromatic N) is 3. The summed E-state index contributed by atoms with van der Waals surface area (Å²) < 4.78 is 5.42. The third-order valence-electron chi connectivity index (χ3n) is 4.99. The third kappa shape index (κ3) is 3.26. The number of aromatic nitrogens is 1. The Morgan fingerprint density at radius 1 is 1.17 bits per heavy atom. The maximum absolute atomic E-state index is 12.9. The summed E-state index contributed by atoms with van der Waals surface area (Å²) in [4.78, 5) is 18.7. The molecule has 0 unspecified atom stereocenters. The fourth-order valence-corrected chi connectivity index (χ4v) is 4.40. The first-order valence-electron chi connectivity index (χ1n) is 8.83. The summed E-state index contributed by atoms with van der Waals surface area (Å²) in [7, 11) is 0. The Balaban J connectivity index is 1.41. The largest absolute Gasteiger partial charge is 0.360 e. The predicted octanol–water partition coefficient (Wildman–Crippen LogP) is 2.96. The molecule has 0 spiro atoms. The van der Waals surface area contributed by atoms with Crippen LogP contribution in [0.5, 0.6) is 0 Å². The Morgan fingerprint density at radius 3 is 2.96 bits per heavy atom. The quantitative estimate of drug-likeness (QED) is 0.858. The smallest absolute Gasteiger partial charge is 0.276 e. The van der Waals surface area contributed by atoms with Crippen molar-refractivity contribution < 1.29 is 9.32 Å². The zero-order valence-electron chi connectivity index (χ0n) is 13.9. The number of carbonyl (C=O) groups excluding carboxylic acids is 1. The summed E-state index contributed by atoms with van der Waals surface area (Å²) in [6, 6.07) is 4.28. The second kappa shape index (κ2) is 7.07. The van der Waals surface area contributed by atoms with E-state index in [1.807, 2.05) is 4.90 Å². The molecule has 0 radical (unpaired) electrons. The van der Waals surface area contributed by atoms with Gasteiger partial charge >= 0.3 is 0 Å². The molecular formula is C18H23N3O2S. The fraction of sp³-hybridized carbons (Fsp3) is 0.556. The van der Waals surface area contributed by atoms with E-state index in [9.17, 15) is 4.79 Å². The van der Waals surface area contributed by atoms with Gasteiger partial charge in [0.15, 0.2) is 5.69 Å². The third-order valence-corrected chi connectivity index (χ3v) is 5.85. The maximum Gasteiger partial charge on any atom is 0.276 e. The van der Waals surface area contributed by atoms with Crippen LogP contribution in [0.4, 0.5) is 0 Å². The Bertz CT molecular complexity index is 695. The number of fused-ring (bicyclic) bond motifs is 1. The van der Waals surface area contributed by atoms with Gasteiger partial charge in [0.05, 0.1) is 0 Å². The van der Waals surface area contributed by atoms with E-state index < -0.39 is 0 Å². The molecule has 0 aromatic carbocycles. The van der Waals surface area contributed by atoms with Crippen molar-refractivity contribution in [3.8, 4) is 0 Å². The molecule has 4 rings (SSSR count). The van der Waals surface area contributed by atoms with Gasteiger partial charge in [-0.1, -0.05) is 11.2 Å². The highest BCUT2D eigenvalue weighted by Crippen LogP contribution is 2.25. The van der Waals surface area contributed by atoms with Crippen LogP contribution in [0.3, 0.4) is 0 Å². The minimum absolute atomic E-state index is 0.0554. The molecule has 0 saturated carbocycles. The van der Waals surface area contributed by atoms with E-state index in [2.05, 4.69) is 27.6 Å². The molecular weight excluding hydrogens is 322 g/mol. The summed E-state index contributed by atoms with van der Waals surface area (Å²) in [6.45, 7) is 4.52. The van der Waals surface area contributed by atoms with Crippen LogP contribution in [0, 0.1) is 0 Å². The lowest BCUT2D eigenvalue weighted by atomic mass is 9.96. The molecule has 6 heteroatoms. The zero-order valence-corrected chi connectivity index (χ0v) is 14.7. The highest BCUT2D eigenvalue weighted by molar-refractivity contribution is 7.09. The number of carbonyl (C=O) groups is 1. The van der Waals surface area contributed by atoms with Gasteiger partial charge in [-0.15, -0.1) is 11.3 Å². The predicted molar refractivity (Wildman–Crippen MR) is 93.3 cm³/mol. The molecule has 0 N–H and O–H groups in total. The van der Waals surface area contributed by atoms with Crippen molar-refractivity contribution in [1.82, 2.24) is 15.0 Å². The molecule has 0 atom stereocenters. The Labute approximate surface area is 146 Å². The minimum Gasteiger partial charge on any atom is -0.360 e. The fourth-order valence-electron chi connectivity index (χ4n) is 3.66. The summed E-state index contributed by atoms with van der Waals surface area (Å²) in [5.74, 6) is 0.985. The summed E-state index contributed by atoms with van der Waals surface area (Å²) >= 11 is 1.80. The standard InChI is InChI=1S/C18H23N3O2S/c22-18(17-15-6-1-2-7-16(15)23-19-17)21-9-4-8-20(10-11-21)13-14-5-3-12-24-14/h3,5,12H,1-2,4,6-11,13H2. The molecule has 2 aromatic rings. The van der Waals surface area contributed by atoms with Crippen LogP contribution in [0.25, 0.3) is 0 Å². The molecule has 2 aliphatic rings. The number of hydrogen-bond acceptors (Lipinski definition) is 5. The van der Waals surface area contributed by atoms with E-state index >= 15 is 0 Å². The van der Waals surface area contributed by atoms with Crippen LogP contribution in [-0.2, 0) is 19.4 Å². The van der Waals surface area contributed by atoms with Crippen LogP contribution < -0.4 is 0 Å². The first-order chi connectivity index (χ1) is 11.8. The first kappa shape index (κ1) is 15.8. The second-order valence-corrected chi connectivity index (χ2v) is 7.67. The number of thiophene rings is 1. The molecule has 1 fully saturated rings. The molecule has 1 aliphatic heterocycles. The van der Waals surface area contributed by atoms with E-state index in [1.54, 1.807) is 11.3 Å².